The Kier molecular flexibility index (Phi) is 4.03. The molecule has 0 amide bonds. The Morgan fingerprint density at radius 2 is 2.20 bits per heavy atom. The molecule has 1 aliphatic rings. The van der Waals surface area contributed by atoms with E-state index in [-0.39, 0.29) is 0 Å². The van der Waals surface area contributed by atoms with Crippen LogP contribution in [0.5, 0.6) is 0 Å². The van der Waals surface area contributed by atoms with Gasteiger partial charge in [0.1, 0.15) is 0 Å². The minimum Gasteiger partial charge on any atom is -0.417 e. The van der Waals surface area contributed by atoms with E-state index in [1.54, 1.807) is 0 Å². The highest BCUT2D eigenvalue weighted by atomic mass is 28.3. The summed E-state index contributed by atoms with van der Waals surface area (Å²) >= 11 is 0. The topological polar surface area (TPSA) is 25.0 Å². The van der Waals surface area contributed by atoms with Crippen molar-refractivity contribution in [3.8, 4) is 0 Å². The summed E-state index contributed by atoms with van der Waals surface area (Å²) in [4.78, 5) is 3.31. The lowest BCUT2D eigenvalue weighted by atomic mass is 9.91. The van der Waals surface area contributed by atoms with Crippen molar-refractivity contribution in [2.45, 2.75) is 38.1 Å². The van der Waals surface area contributed by atoms with Crippen LogP contribution in [0.2, 0.25) is 6.04 Å². The van der Waals surface area contributed by atoms with E-state index in [2.05, 4.69) is 17.1 Å². The molecule has 0 saturated heterocycles. The van der Waals surface area contributed by atoms with Gasteiger partial charge in [0.2, 0.25) is 9.04 Å². The van der Waals surface area contributed by atoms with Crippen LogP contribution < -0.4 is 5.32 Å². The van der Waals surface area contributed by atoms with Gasteiger partial charge in [-0.3, -0.25) is 0 Å². The molecule has 15 heavy (non-hydrogen) atoms. The first-order chi connectivity index (χ1) is 7.40. The Labute approximate surface area is 93.8 Å². The Morgan fingerprint density at radius 1 is 1.40 bits per heavy atom. The van der Waals surface area contributed by atoms with Gasteiger partial charge < -0.3 is 9.41 Å². The monoisotopic (exact) mass is 223 g/mol. The van der Waals surface area contributed by atoms with Crippen molar-refractivity contribution in [2.24, 2.45) is 5.92 Å². The summed E-state index contributed by atoms with van der Waals surface area (Å²) in [5, 5.41) is 1.36. The highest BCUT2D eigenvalue weighted by Gasteiger charge is 2.22. The van der Waals surface area contributed by atoms with Gasteiger partial charge >= 0.3 is 0 Å². The summed E-state index contributed by atoms with van der Waals surface area (Å²) < 4.78 is 5.71. The highest BCUT2D eigenvalue weighted by Crippen LogP contribution is 2.27. The molecule has 3 heteroatoms. The molecule has 1 unspecified atom stereocenters. The van der Waals surface area contributed by atoms with Gasteiger partial charge in [0.25, 0.3) is 0 Å². The summed E-state index contributed by atoms with van der Waals surface area (Å²) in [6.45, 7) is 0. The van der Waals surface area contributed by atoms with Gasteiger partial charge in [-0.15, -0.1) is 0 Å². The van der Waals surface area contributed by atoms with E-state index < -0.39 is 9.04 Å². The first-order valence-corrected chi connectivity index (χ1v) is 7.92. The zero-order valence-electron chi connectivity index (χ0n) is 9.54. The quantitative estimate of drug-likeness (QED) is 0.778. The van der Waals surface area contributed by atoms with Crippen molar-refractivity contribution in [1.82, 2.24) is 4.98 Å². The predicted molar refractivity (Wildman–Crippen MR) is 66.0 cm³/mol. The number of nitrogens with one attached hydrogen (secondary N) is 1. The van der Waals surface area contributed by atoms with Gasteiger partial charge in [-0.25, -0.2) is 0 Å². The van der Waals surface area contributed by atoms with Gasteiger partial charge in [-0.1, -0.05) is 32.1 Å². The Balaban J connectivity index is 1.90. The fourth-order valence-electron chi connectivity index (χ4n) is 2.62. The van der Waals surface area contributed by atoms with E-state index in [1.807, 2.05) is 13.3 Å². The maximum Gasteiger partial charge on any atom is 0.224 e. The second kappa shape index (κ2) is 5.52. The summed E-state index contributed by atoms with van der Waals surface area (Å²) in [6.07, 6.45) is 9.16. The maximum atomic E-state index is 5.71. The summed E-state index contributed by atoms with van der Waals surface area (Å²) in [7, 11) is 0.724. The lowest BCUT2D eigenvalue weighted by molar-refractivity contribution is 0.359. The van der Waals surface area contributed by atoms with Crippen LogP contribution >= 0.6 is 0 Å². The third-order valence-electron chi connectivity index (χ3n) is 3.53. The van der Waals surface area contributed by atoms with Crippen molar-refractivity contribution in [1.29, 1.82) is 0 Å². The van der Waals surface area contributed by atoms with Crippen LogP contribution in [0.3, 0.4) is 0 Å². The van der Waals surface area contributed by atoms with Crippen LogP contribution in [0.4, 0.5) is 0 Å². The SMILES string of the molecule is CO[SiH](CC1CCCCC1)c1ccc[nH]1. The molecule has 1 fully saturated rings. The molecule has 1 N–H and O–H groups in total. The Bertz CT molecular complexity index is 267. The van der Waals surface area contributed by atoms with Crippen molar-refractivity contribution >= 4 is 14.4 Å². The van der Waals surface area contributed by atoms with Crippen LogP contribution in [0, 0.1) is 5.92 Å². The molecule has 2 nitrogen and oxygen atoms in total. The molecule has 1 saturated carbocycles. The maximum absolute atomic E-state index is 5.71. The third-order valence-corrected chi connectivity index (χ3v) is 6.24. The number of aromatic amines is 1. The molecule has 1 aromatic rings. The van der Waals surface area contributed by atoms with Crippen LogP contribution in [0.15, 0.2) is 18.3 Å². The lowest BCUT2D eigenvalue weighted by Gasteiger charge is -2.24. The first kappa shape index (κ1) is 11.0. The van der Waals surface area contributed by atoms with E-state index in [9.17, 15) is 0 Å². The van der Waals surface area contributed by atoms with Crippen molar-refractivity contribution in [3.63, 3.8) is 0 Å². The molecule has 0 spiro atoms. The van der Waals surface area contributed by atoms with Gasteiger partial charge in [-0.05, 0) is 24.1 Å². The van der Waals surface area contributed by atoms with Crippen LogP contribution in [-0.2, 0) is 4.43 Å². The van der Waals surface area contributed by atoms with E-state index in [4.69, 9.17) is 4.43 Å². The number of H-pyrrole nitrogens is 1. The molecular formula is C12H21NOSi. The van der Waals surface area contributed by atoms with Gasteiger partial charge in [0, 0.05) is 18.6 Å². The minimum absolute atomic E-state index is 0.929. The minimum atomic E-state index is -1.15. The molecule has 1 aromatic heterocycles. The van der Waals surface area contributed by atoms with Gasteiger partial charge in [-0.2, -0.15) is 0 Å². The zero-order valence-corrected chi connectivity index (χ0v) is 10.7. The molecule has 1 aliphatic carbocycles. The summed E-state index contributed by atoms with van der Waals surface area (Å²) in [6, 6.07) is 5.58. The Morgan fingerprint density at radius 3 is 2.80 bits per heavy atom. The average molecular weight is 223 g/mol. The molecule has 84 valence electrons. The van der Waals surface area contributed by atoms with E-state index >= 15 is 0 Å². The van der Waals surface area contributed by atoms with Gasteiger partial charge in [0.15, 0.2) is 0 Å². The zero-order chi connectivity index (χ0) is 10.5. The van der Waals surface area contributed by atoms with Gasteiger partial charge in [0.05, 0.1) is 0 Å². The molecular weight excluding hydrogens is 202 g/mol. The van der Waals surface area contributed by atoms with Crippen LogP contribution in [0.1, 0.15) is 32.1 Å². The first-order valence-electron chi connectivity index (χ1n) is 6.06. The number of aromatic nitrogens is 1. The fraction of sp³-hybridized carbons (Fsp3) is 0.667. The smallest absolute Gasteiger partial charge is 0.224 e. The van der Waals surface area contributed by atoms with E-state index in [1.165, 1.54) is 43.5 Å². The molecule has 0 aliphatic heterocycles. The molecule has 0 radical (unpaired) electrons. The van der Waals surface area contributed by atoms with Crippen LogP contribution in [-0.4, -0.2) is 21.1 Å². The van der Waals surface area contributed by atoms with Crippen molar-refractivity contribution in [3.05, 3.63) is 18.3 Å². The fourth-order valence-corrected chi connectivity index (χ4v) is 5.01. The standard InChI is InChI=1S/C12H21NOSi/c1-14-15(12-8-5-9-13-12)10-11-6-3-2-4-7-11/h5,8-9,11,13,15H,2-4,6-7,10H2,1H3. The van der Waals surface area contributed by atoms with E-state index in [0.29, 0.717) is 0 Å². The molecule has 1 atom stereocenters. The Hall–Kier alpha value is -0.543. The number of hydrogen-bond donors (Lipinski definition) is 1. The molecule has 1 heterocycles. The molecule has 2 rings (SSSR count). The van der Waals surface area contributed by atoms with Crippen molar-refractivity contribution < 1.29 is 4.43 Å². The molecule has 0 aromatic carbocycles. The summed E-state index contributed by atoms with van der Waals surface area (Å²) in [5.74, 6) is 0.929. The largest absolute Gasteiger partial charge is 0.417 e. The second-order valence-electron chi connectivity index (χ2n) is 4.59. The van der Waals surface area contributed by atoms with E-state index in [0.717, 1.165) is 5.92 Å². The second-order valence-corrected chi connectivity index (χ2v) is 7.13. The predicted octanol–water partition coefficient (Wildman–Crippen LogP) is 2.17. The van der Waals surface area contributed by atoms with Crippen molar-refractivity contribution in [2.75, 3.05) is 7.11 Å². The average Bonchev–Trinajstić information content (AvgIpc) is 2.81. The lowest BCUT2D eigenvalue weighted by Crippen LogP contribution is -2.35. The third kappa shape index (κ3) is 2.95. The molecule has 0 bridgehead atoms. The highest BCUT2D eigenvalue weighted by molar-refractivity contribution is 6.66. The normalized spacial score (nSPS) is 20.3. The number of rotatable bonds is 4. The number of hydrogen-bond acceptors (Lipinski definition) is 1. The summed E-state index contributed by atoms with van der Waals surface area (Å²) in [5.41, 5.74) is 0. The van der Waals surface area contributed by atoms with Crippen LogP contribution in [0.25, 0.3) is 0 Å².